The highest BCUT2D eigenvalue weighted by molar-refractivity contribution is 5.62. The first-order valence-corrected chi connectivity index (χ1v) is 7.06. The molecule has 1 fully saturated rings. The summed E-state index contributed by atoms with van der Waals surface area (Å²) >= 11 is 0. The second-order valence-electron chi connectivity index (χ2n) is 5.29. The Morgan fingerprint density at radius 3 is 2.50 bits per heavy atom. The molecule has 0 saturated carbocycles. The molecule has 1 aromatic carbocycles. The van der Waals surface area contributed by atoms with Gasteiger partial charge in [-0.15, -0.1) is 0 Å². The minimum atomic E-state index is 0.722. The number of benzene rings is 1. The summed E-state index contributed by atoms with van der Waals surface area (Å²) in [5, 5.41) is 3.30. The average molecular weight is 268 g/mol. The highest BCUT2D eigenvalue weighted by Crippen LogP contribution is 2.24. The number of nitrogen functional groups attached to an aromatic ring is 1. The zero-order chi connectivity index (χ0) is 13.9. The quantitative estimate of drug-likeness (QED) is 0.896. The van der Waals surface area contributed by atoms with Crippen LogP contribution in [0, 0.1) is 6.92 Å². The Kier molecular flexibility index (Phi) is 3.46. The van der Waals surface area contributed by atoms with E-state index in [-0.39, 0.29) is 0 Å². The summed E-state index contributed by atoms with van der Waals surface area (Å²) in [5.74, 6) is 0.825. The van der Waals surface area contributed by atoms with E-state index in [9.17, 15) is 0 Å². The fourth-order valence-electron chi connectivity index (χ4n) is 2.51. The van der Waals surface area contributed by atoms with Crippen molar-refractivity contribution in [2.75, 3.05) is 29.0 Å². The molecule has 2 heterocycles. The number of nitrogens with zero attached hydrogens (tertiary/aromatic N) is 2. The van der Waals surface area contributed by atoms with Gasteiger partial charge in [-0.05, 0) is 55.7 Å². The standard InChI is InChI=1S/C16H20N4/c1-12-10-16(18-11-15(12)17)19-13-4-6-14(7-5-13)20-8-2-3-9-20/h4-7,10-11H,2-3,8-9,17H2,1H3,(H,18,19). The van der Waals surface area contributed by atoms with Crippen LogP contribution in [0.15, 0.2) is 36.5 Å². The molecule has 0 radical (unpaired) electrons. The number of aromatic nitrogens is 1. The monoisotopic (exact) mass is 268 g/mol. The molecule has 0 aliphatic carbocycles. The summed E-state index contributed by atoms with van der Waals surface area (Å²) in [6.45, 7) is 4.33. The molecule has 3 rings (SSSR count). The fourth-order valence-corrected chi connectivity index (χ4v) is 2.51. The summed E-state index contributed by atoms with van der Waals surface area (Å²) in [4.78, 5) is 6.71. The molecule has 0 amide bonds. The molecular formula is C16H20N4. The van der Waals surface area contributed by atoms with Crippen molar-refractivity contribution in [1.82, 2.24) is 4.98 Å². The topological polar surface area (TPSA) is 54.2 Å². The van der Waals surface area contributed by atoms with Crippen molar-refractivity contribution in [3.63, 3.8) is 0 Å². The van der Waals surface area contributed by atoms with Crippen LogP contribution in [-0.2, 0) is 0 Å². The van der Waals surface area contributed by atoms with Crippen LogP contribution in [-0.4, -0.2) is 18.1 Å². The lowest BCUT2D eigenvalue weighted by Gasteiger charge is -2.18. The molecule has 1 aromatic heterocycles. The molecule has 104 valence electrons. The molecule has 20 heavy (non-hydrogen) atoms. The van der Waals surface area contributed by atoms with Crippen LogP contribution in [0.4, 0.5) is 22.9 Å². The third-order valence-electron chi connectivity index (χ3n) is 3.76. The number of hydrogen-bond acceptors (Lipinski definition) is 4. The summed E-state index contributed by atoms with van der Waals surface area (Å²) in [6, 6.07) is 10.5. The second-order valence-corrected chi connectivity index (χ2v) is 5.29. The van der Waals surface area contributed by atoms with Gasteiger partial charge in [-0.1, -0.05) is 0 Å². The van der Waals surface area contributed by atoms with Crippen LogP contribution in [0.3, 0.4) is 0 Å². The minimum Gasteiger partial charge on any atom is -0.397 e. The SMILES string of the molecule is Cc1cc(Nc2ccc(N3CCCC3)cc2)ncc1N. The lowest BCUT2D eigenvalue weighted by Crippen LogP contribution is -2.17. The fraction of sp³-hybridized carbons (Fsp3) is 0.312. The van der Waals surface area contributed by atoms with Crippen LogP contribution in [0.2, 0.25) is 0 Å². The maximum atomic E-state index is 5.78. The van der Waals surface area contributed by atoms with Crippen LogP contribution < -0.4 is 16.0 Å². The van der Waals surface area contributed by atoms with Gasteiger partial charge in [-0.25, -0.2) is 4.98 Å². The number of pyridine rings is 1. The lowest BCUT2D eigenvalue weighted by molar-refractivity contribution is 0.949. The number of anilines is 4. The zero-order valence-corrected chi connectivity index (χ0v) is 11.8. The van der Waals surface area contributed by atoms with Crippen molar-refractivity contribution >= 4 is 22.9 Å². The Morgan fingerprint density at radius 1 is 1.15 bits per heavy atom. The molecule has 3 N–H and O–H groups in total. The molecule has 2 aromatic rings. The van der Waals surface area contributed by atoms with Crippen molar-refractivity contribution in [2.24, 2.45) is 0 Å². The van der Waals surface area contributed by atoms with Gasteiger partial charge in [-0.3, -0.25) is 0 Å². The van der Waals surface area contributed by atoms with Crippen molar-refractivity contribution in [3.8, 4) is 0 Å². The predicted octanol–water partition coefficient (Wildman–Crippen LogP) is 3.32. The molecule has 0 unspecified atom stereocenters. The van der Waals surface area contributed by atoms with E-state index in [0.717, 1.165) is 22.8 Å². The first kappa shape index (κ1) is 12.8. The molecule has 0 atom stereocenters. The van der Waals surface area contributed by atoms with Gasteiger partial charge >= 0.3 is 0 Å². The zero-order valence-electron chi connectivity index (χ0n) is 11.8. The summed E-state index contributed by atoms with van der Waals surface area (Å²) in [5.41, 5.74) is 9.88. The number of aryl methyl sites for hydroxylation is 1. The van der Waals surface area contributed by atoms with E-state index in [4.69, 9.17) is 5.73 Å². The predicted molar refractivity (Wildman–Crippen MR) is 84.6 cm³/mol. The first-order chi connectivity index (χ1) is 9.72. The Labute approximate surface area is 119 Å². The minimum absolute atomic E-state index is 0.722. The smallest absolute Gasteiger partial charge is 0.130 e. The molecular weight excluding hydrogens is 248 g/mol. The van der Waals surface area contributed by atoms with E-state index in [1.54, 1.807) is 6.20 Å². The summed E-state index contributed by atoms with van der Waals surface area (Å²) < 4.78 is 0. The van der Waals surface area contributed by atoms with Crippen molar-refractivity contribution in [3.05, 3.63) is 42.1 Å². The lowest BCUT2D eigenvalue weighted by atomic mass is 10.2. The van der Waals surface area contributed by atoms with E-state index in [0.29, 0.717) is 0 Å². The number of hydrogen-bond donors (Lipinski definition) is 2. The summed E-state index contributed by atoms with van der Waals surface area (Å²) in [7, 11) is 0. The van der Waals surface area contributed by atoms with Gasteiger partial charge in [0, 0.05) is 24.5 Å². The van der Waals surface area contributed by atoms with Gasteiger partial charge in [0.15, 0.2) is 0 Å². The third-order valence-corrected chi connectivity index (χ3v) is 3.76. The van der Waals surface area contributed by atoms with Gasteiger partial charge < -0.3 is 16.0 Å². The number of nitrogens with two attached hydrogens (primary N) is 1. The van der Waals surface area contributed by atoms with Gasteiger partial charge in [0.2, 0.25) is 0 Å². The number of rotatable bonds is 3. The Bertz CT molecular complexity index is 586. The molecule has 4 heteroatoms. The van der Waals surface area contributed by atoms with Crippen LogP contribution in [0.5, 0.6) is 0 Å². The van der Waals surface area contributed by atoms with E-state index in [2.05, 4.69) is 39.5 Å². The van der Waals surface area contributed by atoms with E-state index < -0.39 is 0 Å². The maximum Gasteiger partial charge on any atom is 0.130 e. The van der Waals surface area contributed by atoms with Gasteiger partial charge in [-0.2, -0.15) is 0 Å². The Hall–Kier alpha value is -2.23. The van der Waals surface area contributed by atoms with Crippen molar-refractivity contribution < 1.29 is 0 Å². The van der Waals surface area contributed by atoms with Crippen LogP contribution in [0.25, 0.3) is 0 Å². The Balaban J connectivity index is 1.72. The van der Waals surface area contributed by atoms with E-state index in [1.807, 2.05) is 13.0 Å². The summed E-state index contributed by atoms with van der Waals surface area (Å²) in [6.07, 6.45) is 4.29. The molecule has 4 nitrogen and oxygen atoms in total. The van der Waals surface area contributed by atoms with Gasteiger partial charge in [0.05, 0.1) is 11.9 Å². The van der Waals surface area contributed by atoms with Gasteiger partial charge in [0.1, 0.15) is 5.82 Å². The normalized spacial score (nSPS) is 14.6. The van der Waals surface area contributed by atoms with Crippen molar-refractivity contribution in [1.29, 1.82) is 0 Å². The van der Waals surface area contributed by atoms with Crippen molar-refractivity contribution in [2.45, 2.75) is 19.8 Å². The molecule has 1 aliphatic rings. The van der Waals surface area contributed by atoms with E-state index >= 15 is 0 Å². The van der Waals surface area contributed by atoms with Crippen LogP contribution >= 0.6 is 0 Å². The number of nitrogens with one attached hydrogen (secondary N) is 1. The van der Waals surface area contributed by atoms with Gasteiger partial charge in [0.25, 0.3) is 0 Å². The average Bonchev–Trinajstić information content (AvgIpc) is 2.98. The molecule has 0 bridgehead atoms. The highest BCUT2D eigenvalue weighted by atomic mass is 15.1. The molecule has 1 saturated heterocycles. The molecule has 1 aliphatic heterocycles. The van der Waals surface area contributed by atoms with Crippen LogP contribution in [0.1, 0.15) is 18.4 Å². The van der Waals surface area contributed by atoms with E-state index in [1.165, 1.54) is 31.6 Å². The first-order valence-electron chi connectivity index (χ1n) is 7.06. The Morgan fingerprint density at radius 2 is 1.85 bits per heavy atom. The highest BCUT2D eigenvalue weighted by Gasteiger charge is 2.11. The largest absolute Gasteiger partial charge is 0.397 e. The third kappa shape index (κ3) is 2.69. The molecule has 0 spiro atoms. The second kappa shape index (κ2) is 5.41. The maximum absolute atomic E-state index is 5.78.